The minimum absolute atomic E-state index is 0.148. The Bertz CT molecular complexity index is 422. The molecule has 86 valence electrons. The third-order valence-electron chi connectivity index (χ3n) is 2.86. The van der Waals surface area contributed by atoms with Gasteiger partial charge in [-0.05, 0) is 24.3 Å². The smallest absolute Gasteiger partial charge is 0.252 e. The fraction of sp³-hybridized carbons (Fsp3) is 0.455. The number of carbonyl (C=O) groups is 1. The zero-order valence-electron chi connectivity index (χ0n) is 8.84. The molecule has 3 nitrogen and oxygen atoms in total. The van der Waals surface area contributed by atoms with Gasteiger partial charge < -0.3 is 5.32 Å². The number of nitrogens with zero attached hydrogens (tertiary/aromatic N) is 1. The summed E-state index contributed by atoms with van der Waals surface area (Å²) in [5.41, 5.74) is 0.447. The average Bonchev–Trinajstić information content (AvgIpc) is 2.95. The molecule has 0 aromatic carbocycles. The molecule has 2 atom stereocenters. The molecule has 0 bridgehead atoms. The topological polar surface area (TPSA) is 42.0 Å². The second kappa shape index (κ2) is 4.60. The predicted octanol–water partition coefficient (Wildman–Crippen LogP) is 2.77. The van der Waals surface area contributed by atoms with Crippen molar-refractivity contribution < 1.29 is 4.79 Å². The first-order valence-corrected chi connectivity index (χ1v) is 5.92. The third kappa shape index (κ3) is 2.66. The summed E-state index contributed by atoms with van der Waals surface area (Å²) in [4.78, 5) is 15.5. The molecule has 1 saturated carbocycles. The Labute approximate surface area is 104 Å². The summed E-state index contributed by atoms with van der Waals surface area (Å²) >= 11 is 11.4. The van der Waals surface area contributed by atoms with E-state index in [9.17, 15) is 4.79 Å². The van der Waals surface area contributed by atoms with Gasteiger partial charge in [-0.15, -0.1) is 0 Å². The van der Waals surface area contributed by atoms with E-state index < -0.39 is 0 Å². The van der Waals surface area contributed by atoms with Gasteiger partial charge in [0.05, 0.1) is 10.6 Å². The monoisotopic (exact) mass is 258 g/mol. The number of nitrogens with one attached hydrogen (secondary N) is 1. The Morgan fingerprint density at radius 2 is 2.31 bits per heavy atom. The molecule has 1 aromatic rings. The Kier molecular flexibility index (Phi) is 3.36. The van der Waals surface area contributed by atoms with Crippen LogP contribution >= 0.6 is 23.2 Å². The van der Waals surface area contributed by atoms with E-state index in [0.29, 0.717) is 16.5 Å². The van der Waals surface area contributed by atoms with Crippen LogP contribution in [0.1, 0.15) is 23.7 Å². The number of hydrogen-bond acceptors (Lipinski definition) is 2. The zero-order valence-corrected chi connectivity index (χ0v) is 10.3. The molecule has 0 saturated heterocycles. The van der Waals surface area contributed by atoms with Gasteiger partial charge in [-0.1, -0.05) is 30.1 Å². The van der Waals surface area contributed by atoms with Crippen LogP contribution in [0.3, 0.4) is 0 Å². The second-order valence-corrected chi connectivity index (χ2v) is 4.94. The number of carbonyl (C=O) groups excluding carboxylic acids is 1. The summed E-state index contributed by atoms with van der Waals surface area (Å²) in [5, 5.41) is 3.37. The quantitative estimate of drug-likeness (QED) is 0.848. The molecule has 0 spiro atoms. The van der Waals surface area contributed by atoms with E-state index >= 15 is 0 Å². The summed E-state index contributed by atoms with van der Waals surface area (Å²) in [6.45, 7) is 2.90. The maximum absolute atomic E-state index is 11.7. The van der Waals surface area contributed by atoms with Crippen LogP contribution in [0, 0.1) is 11.8 Å². The molecule has 1 N–H and O–H groups in total. The lowest BCUT2D eigenvalue weighted by Crippen LogP contribution is -2.26. The van der Waals surface area contributed by atoms with Gasteiger partial charge in [0.25, 0.3) is 5.91 Å². The lowest BCUT2D eigenvalue weighted by atomic mass is 10.2. The highest BCUT2D eigenvalue weighted by Gasteiger charge is 2.32. The molecule has 1 fully saturated rings. The first-order valence-electron chi connectivity index (χ1n) is 5.17. The zero-order chi connectivity index (χ0) is 11.7. The predicted molar refractivity (Wildman–Crippen MR) is 63.9 cm³/mol. The van der Waals surface area contributed by atoms with E-state index in [1.54, 1.807) is 0 Å². The van der Waals surface area contributed by atoms with Crippen molar-refractivity contribution in [3.8, 4) is 0 Å². The van der Waals surface area contributed by atoms with Crippen molar-refractivity contribution in [1.29, 1.82) is 0 Å². The van der Waals surface area contributed by atoms with Crippen LogP contribution in [0.25, 0.3) is 0 Å². The van der Waals surface area contributed by atoms with E-state index in [-0.39, 0.29) is 11.1 Å². The van der Waals surface area contributed by atoms with Crippen molar-refractivity contribution in [2.75, 3.05) is 6.54 Å². The van der Waals surface area contributed by atoms with Crippen LogP contribution < -0.4 is 5.32 Å². The van der Waals surface area contributed by atoms with E-state index in [0.717, 1.165) is 12.5 Å². The number of rotatable bonds is 3. The minimum Gasteiger partial charge on any atom is -0.352 e. The highest BCUT2D eigenvalue weighted by Crippen LogP contribution is 2.36. The minimum atomic E-state index is -0.148. The van der Waals surface area contributed by atoms with E-state index in [1.165, 1.54) is 18.7 Å². The fourth-order valence-electron chi connectivity index (χ4n) is 1.55. The molecule has 1 aliphatic carbocycles. The van der Waals surface area contributed by atoms with Gasteiger partial charge in [-0.2, -0.15) is 0 Å². The average molecular weight is 259 g/mol. The van der Waals surface area contributed by atoms with E-state index in [2.05, 4.69) is 17.2 Å². The maximum Gasteiger partial charge on any atom is 0.252 e. The number of halogens is 2. The van der Waals surface area contributed by atoms with Gasteiger partial charge >= 0.3 is 0 Å². The summed E-state index contributed by atoms with van der Waals surface area (Å²) in [6.07, 6.45) is 2.62. The van der Waals surface area contributed by atoms with Crippen LogP contribution in [0.5, 0.6) is 0 Å². The SMILES string of the molecule is CC1CC1CNC(=O)c1cnc(Cl)c(Cl)c1. The van der Waals surface area contributed by atoms with Crippen molar-refractivity contribution in [2.24, 2.45) is 11.8 Å². The number of hydrogen-bond donors (Lipinski definition) is 1. The summed E-state index contributed by atoms with van der Waals surface area (Å²) in [5.74, 6) is 1.21. The molecule has 1 amide bonds. The molecule has 5 heteroatoms. The molecular formula is C11H12Cl2N2O. The highest BCUT2D eigenvalue weighted by molar-refractivity contribution is 6.41. The van der Waals surface area contributed by atoms with Crippen LogP contribution in [0.15, 0.2) is 12.3 Å². The highest BCUT2D eigenvalue weighted by atomic mass is 35.5. The van der Waals surface area contributed by atoms with Crippen molar-refractivity contribution in [1.82, 2.24) is 10.3 Å². The molecule has 1 aliphatic rings. The summed E-state index contributed by atoms with van der Waals surface area (Å²) in [6, 6.07) is 1.53. The van der Waals surface area contributed by atoms with Crippen molar-refractivity contribution in [3.05, 3.63) is 28.0 Å². The van der Waals surface area contributed by atoms with Crippen LogP contribution in [0.2, 0.25) is 10.2 Å². The van der Waals surface area contributed by atoms with E-state index in [1.807, 2.05) is 0 Å². The van der Waals surface area contributed by atoms with Crippen LogP contribution in [-0.2, 0) is 0 Å². The standard InChI is InChI=1S/C11H12Cl2N2O/c1-6-2-7(6)4-15-11(16)8-3-9(12)10(13)14-5-8/h3,5-7H,2,4H2,1H3,(H,15,16). The fourth-order valence-corrected chi connectivity index (χ4v) is 1.82. The van der Waals surface area contributed by atoms with Crippen LogP contribution in [-0.4, -0.2) is 17.4 Å². The molecule has 2 rings (SSSR count). The number of pyridine rings is 1. The van der Waals surface area contributed by atoms with Crippen molar-refractivity contribution in [2.45, 2.75) is 13.3 Å². The number of aromatic nitrogens is 1. The van der Waals surface area contributed by atoms with Crippen molar-refractivity contribution in [3.63, 3.8) is 0 Å². The van der Waals surface area contributed by atoms with Gasteiger partial charge in [0.1, 0.15) is 5.15 Å². The van der Waals surface area contributed by atoms with Gasteiger partial charge in [-0.25, -0.2) is 4.98 Å². The maximum atomic E-state index is 11.7. The molecule has 1 aromatic heterocycles. The van der Waals surface area contributed by atoms with E-state index in [4.69, 9.17) is 23.2 Å². The first kappa shape index (κ1) is 11.7. The molecule has 16 heavy (non-hydrogen) atoms. The summed E-state index contributed by atoms with van der Waals surface area (Å²) in [7, 11) is 0. The van der Waals surface area contributed by atoms with Gasteiger partial charge in [0.2, 0.25) is 0 Å². The Morgan fingerprint density at radius 1 is 1.62 bits per heavy atom. The molecule has 0 aliphatic heterocycles. The molecular weight excluding hydrogens is 247 g/mol. The Hall–Kier alpha value is -0.800. The largest absolute Gasteiger partial charge is 0.352 e. The molecule has 2 unspecified atom stereocenters. The normalized spacial score (nSPS) is 22.9. The Balaban J connectivity index is 1.95. The second-order valence-electron chi connectivity index (χ2n) is 4.18. The number of amides is 1. The van der Waals surface area contributed by atoms with Gasteiger partial charge in [-0.3, -0.25) is 4.79 Å². The van der Waals surface area contributed by atoms with Gasteiger partial charge in [0.15, 0.2) is 0 Å². The first-order chi connectivity index (χ1) is 7.58. The van der Waals surface area contributed by atoms with Crippen molar-refractivity contribution >= 4 is 29.1 Å². The Morgan fingerprint density at radius 3 is 2.88 bits per heavy atom. The third-order valence-corrected chi connectivity index (χ3v) is 3.55. The van der Waals surface area contributed by atoms with Crippen LogP contribution in [0.4, 0.5) is 0 Å². The lowest BCUT2D eigenvalue weighted by Gasteiger charge is -2.04. The molecule has 1 heterocycles. The lowest BCUT2D eigenvalue weighted by molar-refractivity contribution is 0.0951. The molecule has 0 radical (unpaired) electrons. The summed E-state index contributed by atoms with van der Waals surface area (Å²) < 4.78 is 0. The van der Waals surface area contributed by atoms with Gasteiger partial charge in [0, 0.05) is 12.7 Å².